The highest BCUT2D eigenvalue weighted by atomic mass is 19.4. The van der Waals surface area contributed by atoms with Crippen LogP contribution in [-0.2, 0) is 7.05 Å². The van der Waals surface area contributed by atoms with Gasteiger partial charge in [0.15, 0.2) is 0 Å². The van der Waals surface area contributed by atoms with E-state index >= 15 is 0 Å². The third kappa shape index (κ3) is 2.73. The van der Waals surface area contributed by atoms with Crippen LogP contribution >= 0.6 is 0 Å². The smallest absolute Gasteiger partial charge is 0.324 e. The maximum Gasteiger partial charge on any atom is 0.390 e. The Labute approximate surface area is 79.7 Å². The fourth-order valence-electron chi connectivity index (χ4n) is 1.34. The molecule has 1 aromatic rings. The van der Waals surface area contributed by atoms with Crippen LogP contribution < -0.4 is 5.73 Å². The van der Waals surface area contributed by atoms with E-state index in [0.29, 0.717) is 11.3 Å². The van der Waals surface area contributed by atoms with Crippen molar-refractivity contribution in [3.8, 4) is 0 Å². The Hall–Kier alpha value is -1.04. The van der Waals surface area contributed by atoms with E-state index in [-0.39, 0.29) is 0 Å². The minimum atomic E-state index is -4.23. The average Bonchev–Trinajstić information content (AvgIpc) is 2.26. The molecular weight excluding hydrogens is 195 g/mol. The Balaban J connectivity index is 2.79. The first-order chi connectivity index (χ1) is 6.29. The lowest BCUT2D eigenvalue weighted by Crippen LogP contribution is -2.20. The molecular formula is C8H12F3N3. The van der Waals surface area contributed by atoms with E-state index in [1.165, 1.54) is 10.9 Å². The van der Waals surface area contributed by atoms with Crippen LogP contribution in [0.25, 0.3) is 0 Å². The average molecular weight is 207 g/mol. The first kappa shape index (κ1) is 11.0. The molecule has 1 rings (SSSR count). The van der Waals surface area contributed by atoms with E-state index in [1.54, 1.807) is 14.0 Å². The van der Waals surface area contributed by atoms with Gasteiger partial charge in [-0.15, -0.1) is 0 Å². The van der Waals surface area contributed by atoms with Crippen molar-refractivity contribution in [2.75, 3.05) is 0 Å². The quantitative estimate of drug-likeness (QED) is 0.801. The summed E-state index contributed by atoms with van der Waals surface area (Å²) in [4.78, 5) is 0. The molecule has 3 nitrogen and oxygen atoms in total. The largest absolute Gasteiger partial charge is 0.390 e. The van der Waals surface area contributed by atoms with E-state index in [2.05, 4.69) is 5.10 Å². The van der Waals surface area contributed by atoms with Gasteiger partial charge in [-0.25, -0.2) is 0 Å². The molecule has 14 heavy (non-hydrogen) atoms. The molecule has 0 bridgehead atoms. The summed E-state index contributed by atoms with van der Waals surface area (Å²) in [6.45, 7) is 1.64. The number of nitrogens with two attached hydrogens (primary N) is 1. The Morgan fingerprint density at radius 2 is 2.14 bits per heavy atom. The third-order valence-electron chi connectivity index (χ3n) is 1.90. The summed E-state index contributed by atoms with van der Waals surface area (Å²) in [5, 5.41) is 3.93. The number of alkyl halides is 3. The fraction of sp³-hybridized carbons (Fsp3) is 0.625. The van der Waals surface area contributed by atoms with E-state index < -0.39 is 18.6 Å². The minimum Gasteiger partial charge on any atom is -0.324 e. The number of hydrogen-bond acceptors (Lipinski definition) is 2. The summed E-state index contributed by atoms with van der Waals surface area (Å²) in [5.41, 5.74) is 6.42. The second-order valence-corrected chi connectivity index (χ2v) is 3.27. The SMILES string of the molecule is Cc1nn(C)cc1[C@@H](N)CC(F)(F)F. The van der Waals surface area contributed by atoms with Gasteiger partial charge < -0.3 is 5.73 Å². The molecule has 0 aliphatic carbocycles. The molecule has 0 amide bonds. The van der Waals surface area contributed by atoms with Crippen LogP contribution in [0.2, 0.25) is 0 Å². The topological polar surface area (TPSA) is 43.8 Å². The first-order valence-electron chi connectivity index (χ1n) is 4.12. The van der Waals surface area contributed by atoms with E-state index in [0.717, 1.165) is 0 Å². The molecule has 1 aromatic heterocycles. The lowest BCUT2D eigenvalue weighted by molar-refractivity contribution is -0.138. The molecule has 6 heteroatoms. The molecule has 0 spiro atoms. The molecule has 0 saturated carbocycles. The van der Waals surface area contributed by atoms with Crippen molar-refractivity contribution in [1.29, 1.82) is 0 Å². The van der Waals surface area contributed by atoms with Crippen LogP contribution in [0.15, 0.2) is 6.20 Å². The zero-order chi connectivity index (χ0) is 10.9. The first-order valence-corrected chi connectivity index (χ1v) is 4.12. The number of rotatable bonds is 2. The fourth-order valence-corrected chi connectivity index (χ4v) is 1.34. The molecule has 1 heterocycles. The molecule has 0 fully saturated rings. The highest BCUT2D eigenvalue weighted by Crippen LogP contribution is 2.28. The highest BCUT2D eigenvalue weighted by molar-refractivity contribution is 5.19. The molecule has 0 unspecified atom stereocenters. The second kappa shape index (κ2) is 3.61. The van der Waals surface area contributed by atoms with Crippen LogP contribution in [0.1, 0.15) is 23.7 Å². The molecule has 0 aliphatic heterocycles. The minimum absolute atomic E-state index is 0.449. The number of halogens is 3. The summed E-state index contributed by atoms with van der Waals surface area (Å²) < 4.78 is 37.5. The standard InChI is InChI=1S/C8H12F3N3/c1-5-6(4-14(2)13-5)7(12)3-8(9,10)11/h4,7H,3,12H2,1-2H3/t7-/m0/s1. The van der Waals surface area contributed by atoms with Crippen molar-refractivity contribution in [2.45, 2.75) is 25.6 Å². The predicted octanol–water partition coefficient (Wildman–Crippen LogP) is 1.68. The van der Waals surface area contributed by atoms with Crippen LogP contribution in [-0.4, -0.2) is 16.0 Å². The molecule has 0 aromatic carbocycles. The van der Waals surface area contributed by atoms with Crippen LogP contribution in [0.5, 0.6) is 0 Å². The van der Waals surface area contributed by atoms with Gasteiger partial charge in [0.25, 0.3) is 0 Å². The Morgan fingerprint density at radius 3 is 2.50 bits per heavy atom. The summed E-state index contributed by atoms with van der Waals surface area (Å²) in [6, 6.07) is -1.02. The second-order valence-electron chi connectivity index (χ2n) is 3.27. The number of aromatic nitrogens is 2. The van der Waals surface area contributed by atoms with Gasteiger partial charge in [-0.1, -0.05) is 0 Å². The van der Waals surface area contributed by atoms with Crippen molar-refractivity contribution in [2.24, 2.45) is 12.8 Å². The van der Waals surface area contributed by atoms with Gasteiger partial charge in [-0.2, -0.15) is 18.3 Å². The molecule has 0 radical (unpaired) electrons. The van der Waals surface area contributed by atoms with Gasteiger partial charge in [0, 0.05) is 24.8 Å². The maximum atomic E-state index is 12.0. The van der Waals surface area contributed by atoms with Crippen LogP contribution in [0.4, 0.5) is 13.2 Å². The summed E-state index contributed by atoms with van der Waals surface area (Å²) in [5.74, 6) is 0. The summed E-state index contributed by atoms with van der Waals surface area (Å²) in [6.07, 6.45) is -3.73. The van der Waals surface area contributed by atoms with Gasteiger partial charge in [0.05, 0.1) is 12.1 Å². The van der Waals surface area contributed by atoms with Gasteiger partial charge >= 0.3 is 6.18 Å². The Morgan fingerprint density at radius 1 is 1.57 bits per heavy atom. The summed E-state index contributed by atoms with van der Waals surface area (Å²) >= 11 is 0. The van der Waals surface area contributed by atoms with Crippen LogP contribution in [0.3, 0.4) is 0 Å². The molecule has 80 valence electrons. The molecule has 0 saturated heterocycles. The molecule has 0 aliphatic rings. The van der Waals surface area contributed by atoms with E-state index in [9.17, 15) is 13.2 Å². The van der Waals surface area contributed by atoms with E-state index in [4.69, 9.17) is 5.73 Å². The van der Waals surface area contributed by atoms with Crippen molar-refractivity contribution >= 4 is 0 Å². The molecule has 2 N–H and O–H groups in total. The van der Waals surface area contributed by atoms with Gasteiger partial charge in [0.2, 0.25) is 0 Å². The third-order valence-corrected chi connectivity index (χ3v) is 1.90. The lowest BCUT2D eigenvalue weighted by atomic mass is 10.1. The van der Waals surface area contributed by atoms with Gasteiger partial charge in [-0.3, -0.25) is 4.68 Å². The van der Waals surface area contributed by atoms with Crippen LogP contribution in [0, 0.1) is 6.92 Å². The van der Waals surface area contributed by atoms with Crippen molar-refractivity contribution in [3.63, 3.8) is 0 Å². The van der Waals surface area contributed by atoms with Crippen molar-refractivity contribution in [3.05, 3.63) is 17.5 Å². The highest BCUT2D eigenvalue weighted by Gasteiger charge is 2.31. The zero-order valence-electron chi connectivity index (χ0n) is 7.97. The Kier molecular flexibility index (Phi) is 2.84. The maximum absolute atomic E-state index is 12.0. The lowest BCUT2D eigenvalue weighted by Gasteiger charge is -2.12. The normalized spacial score (nSPS) is 14.4. The summed E-state index contributed by atoms with van der Waals surface area (Å²) in [7, 11) is 1.65. The number of hydrogen-bond donors (Lipinski definition) is 1. The zero-order valence-corrected chi connectivity index (χ0v) is 7.97. The predicted molar refractivity (Wildman–Crippen MR) is 45.5 cm³/mol. The number of aryl methyl sites for hydroxylation is 2. The van der Waals surface area contributed by atoms with Crippen molar-refractivity contribution in [1.82, 2.24) is 9.78 Å². The van der Waals surface area contributed by atoms with Crippen molar-refractivity contribution < 1.29 is 13.2 Å². The number of nitrogens with zero attached hydrogens (tertiary/aromatic N) is 2. The Bertz CT molecular complexity index is 316. The van der Waals surface area contributed by atoms with Gasteiger partial charge in [0.1, 0.15) is 0 Å². The van der Waals surface area contributed by atoms with Gasteiger partial charge in [-0.05, 0) is 6.92 Å². The van der Waals surface area contributed by atoms with E-state index in [1.807, 2.05) is 0 Å². The molecule has 1 atom stereocenters. The monoisotopic (exact) mass is 207 g/mol.